The Bertz CT molecular complexity index is 904. The van der Waals surface area contributed by atoms with Crippen molar-refractivity contribution in [1.82, 2.24) is 4.90 Å². The van der Waals surface area contributed by atoms with Gasteiger partial charge in [-0.15, -0.1) is 0 Å². The van der Waals surface area contributed by atoms with Gasteiger partial charge in [-0.3, -0.25) is 4.79 Å². The van der Waals surface area contributed by atoms with Crippen LogP contribution in [0.3, 0.4) is 0 Å². The van der Waals surface area contributed by atoms with Crippen molar-refractivity contribution in [1.29, 1.82) is 0 Å². The van der Waals surface area contributed by atoms with E-state index in [-0.39, 0.29) is 36.2 Å². The van der Waals surface area contributed by atoms with E-state index >= 15 is 0 Å². The van der Waals surface area contributed by atoms with Crippen LogP contribution in [0.1, 0.15) is 39.2 Å². The second-order valence-corrected chi connectivity index (χ2v) is 9.66. The van der Waals surface area contributed by atoms with Gasteiger partial charge in [-0.25, -0.2) is 4.79 Å². The number of esters is 1. The van der Waals surface area contributed by atoms with E-state index in [0.717, 1.165) is 11.1 Å². The number of carbonyl (C=O) groups excluding carboxylic acids is 1. The zero-order valence-electron chi connectivity index (χ0n) is 18.3. The average molecular weight is 427 g/mol. The highest BCUT2D eigenvalue weighted by Crippen LogP contribution is 2.54. The van der Waals surface area contributed by atoms with E-state index in [9.17, 15) is 20.2 Å². The van der Waals surface area contributed by atoms with E-state index in [4.69, 9.17) is 4.74 Å². The Labute approximate surface area is 182 Å². The largest absolute Gasteiger partial charge is 0.465 e. The molecule has 4 atom stereocenters. The van der Waals surface area contributed by atoms with E-state index in [1.165, 1.54) is 4.90 Å². The summed E-state index contributed by atoms with van der Waals surface area (Å²) in [4.78, 5) is 29.3. The first-order valence-corrected chi connectivity index (χ1v) is 10.5. The number of rotatable bonds is 6. The summed E-state index contributed by atoms with van der Waals surface area (Å²) in [6, 6.07) is 9.33. The minimum absolute atomic E-state index is 0.0661. The summed E-state index contributed by atoms with van der Waals surface area (Å²) in [5.74, 6) is -1.07. The van der Waals surface area contributed by atoms with Crippen molar-refractivity contribution < 1.29 is 19.4 Å². The lowest BCUT2D eigenvalue weighted by Gasteiger charge is -2.35. The molecule has 0 radical (unpaired) electrons. The highest BCUT2D eigenvalue weighted by Gasteiger charge is 2.61. The van der Waals surface area contributed by atoms with Crippen molar-refractivity contribution in [2.45, 2.75) is 45.8 Å². The van der Waals surface area contributed by atoms with Crippen molar-refractivity contribution in [3.05, 3.63) is 58.5 Å². The third-order valence-electron chi connectivity index (χ3n) is 6.78. The Balaban J connectivity index is 1.91. The molecule has 31 heavy (non-hydrogen) atoms. The number of amides is 1. The Morgan fingerprint density at radius 1 is 1.32 bits per heavy atom. The smallest absolute Gasteiger partial charge is 0.407 e. The normalized spacial score (nSPS) is 27.3. The Hall–Kier alpha value is -2.99. The van der Waals surface area contributed by atoms with Crippen molar-refractivity contribution in [2.24, 2.45) is 28.3 Å². The third-order valence-corrected chi connectivity index (χ3v) is 6.78. The van der Waals surface area contributed by atoms with Gasteiger partial charge in [0.1, 0.15) is 12.1 Å². The van der Waals surface area contributed by atoms with Gasteiger partial charge in [0.05, 0.1) is 0 Å². The molecule has 1 aliphatic carbocycles. The summed E-state index contributed by atoms with van der Waals surface area (Å²) in [7, 11) is 0. The molecule has 1 amide bonds. The molecule has 3 rings (SSSR count). The summed E-state index contributed by atoms with van der Waals surface area (Å²) >= 11 is 0. The first-order chi connectivity index (χ1) is 14.6. The zero-order valence-corrected chi connectivity index (χ0v) is 18.3. The molecule has 166 valence electrons. The topological polar surface area (TPSA) is 116 Å². The quantitative estimate of drug-likeness (QED) is 0.226. The molecule has 8 heteroatoms. The lowest BCUT2D eigenvalue weighted by Crippen LogP contribution is -2.45. The van der Waals surface area contributed by atoms with Crippen LogP contribution in [-0.2, 0) is 16.1 Å². The number of hydrogen-bond acceptors (Lipinski definition) is 4. The standard InChI is InChI=1S/C23H30N4O4/c1-15(22(2,3)4)10-19-18-13-27(21(29)30)12-17(18)11-23(19,25-26-24)20(28)31-14-16-8-6-5-7-9-16/h5-9,17-19H,1,10-14H2,2-4H3,(H,29,30)/t17-,18+,19-,23-/m0/s1. The monoisotopic (exact) mass is 426 g/mol. The second kappa shape index (κ2) is 8.63. The molecular formula is C23H30N4O4. The van der Waals surface area contributed by atoms with Crippen LogP contribution in [0.25, 0.3) is 10.4 Å². The molecule has 1 aromatic rings. The molecule has 1 saturated carbocycles. The van der Waals surface area contributed by atoms with Gasteiger partial charge in [0.2, 0.25) is 0 Å². The fourth-order valence-corrected chi connectivity index (χ4v) is 4.84. The van der Waals surface area contributed by atoms with Crippen LogP contribution in [0.15, 0.2) is 47.6 Å². The van der Waals surface area contributed by atoms with Gasteiger partial charge in [0.25, 0.3) is 0 Å². The Kier molecular flexibility index (Phi) is 6.32. The van der Waals surface area contributed by atoms with Crippen LogP contribution >= 0.6 is 0 Å². The SMILES string of the molecule is C=C(C[C@H]1[C@@H]2CN(C(=O)O)C[C@@H]2C[C@@]1(N=[N+]=[N-])C(=O)OCc1ccccc1)C(C)(C)C. The molecule has 2 aliphatic rings. The highest BCUT2D eigenvalue weighted by atomic mass is 16.5. The average Bonchev–Trinajstić information content (AvgIpc) is 3.24. The van der Waals surface area contributed by atoms with Gasteiger partial charge >= 0.3 is 12.1 Å². The third kappa shape index (κ3) is 4.54. The predicted molar refractivity (Wildman–Crippen MR) is 116 cm³/mol. The first kappa shape index (κ1) is 22.7. The molecule has 0 aromatic heterocycles. The summed E-state index contributed by atoms with van der Waals surface area (Å²) in [6.45, 7) is 11.1. The molecule has 1 aromatic carbocycles. The molecule has 0 spiro atoms. The predicted octanol–water partition coefficient (Wildman–Crippen LogP) is 5.02. The molecular weight excluding hydrogens is 396 g/mol. The van der Waals surface area contributed by atoms with E-state index in [0.29, 0.717) is 19.5 Å². The molecule has 1 heterocycles. The summed E-state index contributed by atoms with van der Waals surface area (Å²) in [5, 5.41) is 13.5. The van der Waals surface area contributed by atoms with Crippen LogP contribution in [0.5, 0.6) is 0 Å². The fraction of sp³-hybridized carbons (Fsp3) is 0.565. The summed E-state index contributed by atoms with van der Waals surface area (Å²) in [6.07, 6.45) is -0.220. The number of hydrogen-bond donors (Lipinski definition) is 1. The van der Waals surface area contributed by atoms with Gasteiger partial charge in [0, 0.05) is 18.0 Å². The number of benzene rings is 1. The Morgan fingerprint density at radius 3 is 2.58 bits per heavy atom. The van der Waals surface area contributed by atoms with Gasteiger partial charge in [-0.2, -0.15) is 0 Å². The van der Waals surface area contributed by atoms with Crippen LogP contribution < -0.4 is 0 Å². The second-order valence-electron chi connectivity index (χ2n) is 9.66. The maximum absolute atomic E-state index is 13.4. The molecule has 0 unspecified atom stereocenters. The van der Waals surface area contributed by atoms with Gasteiger partial charge in [0.15, 0.2) is 0 Å². The summed E-state index contributed by atoms with van der Waals surface area (Å²) < 4.78 is 5.64. The zero-order chi connectivity index (χ0) is 22.8. The van der Waals surface area contributed by atoms with Crippen molar-refractivity contribution in [2.75, 3.05) is 13.1 Å². The first-order valence-electron chi connectivity index (χ1n) is 10.5. The maximum Gasteiger partial charge on any atom is 0.407 e. The number of nitrogens with zero attached hydrogens (tertiary/aromatic N) is 4. The van der Waals surface area contributed by atoms with E-state index in [1.54, 1.807) is 0 Å². The molecule has 1 N–H and O–H groups in total. The number of azide groups is 1. The Morgan fingerprint density at radius 2 is 2.00 bits per heavy atom. The minimum Gasteiger partial charge on any atom is -0.465 e. The van der Waals surface area contributed by atoms with Crippen LogP contribution in [0.2, 0.25) is 0 Å². The number of carboxylic acid groups (broad SMARTS) is 1. The number of carbonyl (C=O) groups is 2. The molecule has 8 nitrogen and oxygen atoms in total. The number of fused-ring (bicyclic) bond motifs is 1. The van der Waals surface area contributed by atoms with E-state index in [2.05, 4.69) is 16.6 Å². The molecule has 0 bridgehead atoms. The maximum atomic E-state index is 13.4. The van der Waals surface area contributed by atoms with E-state index in [1.807, 2.05) is 51.1 Å². The fourth-order valence-electron chi connectivity index (χ4n) is 4.84. The minimum atomic E-state index is -1.36. The number of allylic oxidation sites excluding steroid dienone is 1. The van der Waals surface area contributed by atoms with Gasteiger partial charge in [-0.05, 0) is 47.1 Å². The van der Waals surface area contributed by atoms with Gasteiger partial charge in [-0.1, -0.05) is 68.4 Å². The van der Waals surface area contributed by atoms with Crippen LogP contribution in [-0.4, -0.2) is 40.7 Å². The number of likely N-dealkylation sites (tertiary alicyclic amines) is 1. The van der Waals surface area contributed by atoms with Crippen molar-refractivity contribution >= 4 is 12.1 Å². The molecule has 1 aliphatic heterocycles. The van der Waals surface area contributed by atoms with Crippen molar-refractivity contribution in [3.63, 3.8) is 0 Å². The van der Waals surface area contributed by atoms with Crippen molar-refractivity contribution in [3.8, 4) is 0 Å². The summed E-state index contributed by atoms with van der Waals surface area (Å²) in [5.41, 5.74) is 9.58. The van der Waals surface area contributed by atoms with Gasteiger partial charge < -0.3 is 14.7 Å². The highest BCUT2D eigenvalue weighted by molar-refractivity contribution is 5.82. The van der Waals surface area contributed by atoms with Crippen LogP contribution in [0.4, 0.5) is 4.79 Å². The van der Waals surface area contributed by atoms with E-state index < -0.39 is 17.6 Å². The molecule has 1 saturated heterocycles. The molecule has 2 fully saturated rings. The lowest BCUT2D eigenvalue weighted by molar-refractivity contribution is -0.153. The number of ether oxygens (including phenoxy) is 1. The van der Waals surface area contributed by atoms with Crippen LogP contribution in [0, 0.1) is 23.2 Å². The lowest BCUT2D eigenvalue weighted by atomic mass is 9.74.